The highest BCUT2D eigenvalue weighted by Crippen LogP contribution is 2.34. The summed E-state index contributed by atoms with van der Waals surface area (Å²) in [6.45, 7) is 20.9. The molecule has 53 heavy (non-hydrogen) atoms. The summed E-state index contributed by atoms with van der Waals surface area (Å²) < 4.78 is 51.5. The van der Waals surface area contributed by atoms with Gasteiger partial charge in [0.15, 0.2) is 0 Å². The van der Waals surface area contributed by atoms with Gasteiger partial charge in [0.05, 0.1) is 23.8 Å². The number of aryl methyl sites for hydroxylation is 1. The van der Waals surface area contributed by atoms with E-state index in [0.717, 1.165) is 41.4 Å². The van der Waals surface area contributed by atoms with Crippen molar-refractivity contribution in [3.8, 4) is 0 Å². The smallest absolute Gasteiger partial charge is 0.416 e. The number of ether oxygens (including phenoxy) is 2. The van der Waals surface area contributed by atoms with Crippen LogP contribution in [0.2, 0.25) is 0 Å². The maximum absolute atomic E-state index is 13.3. The number of hydrogen-bond acceptors (Lipinski definition) is 7. The Balaban J connectivity index is 0. The Hall–Kier alpha value is -4.86. The Labute approximate surface area is 319 Å². The number of alkyl halides is 4. The molecule has 288 valence electrons. The van der Waals surface area contributed by atoms with Crippen molar-refractivity contribution in [1.82, 2.24) is 5.32 Å². The molecule has 0 aliphatic heterocycles. The first-order valence-electron chi connectivity index (χ1n) is 16.4. The summed E-state index contributed by atoms with van der Waals surface area (Å²) in [4.78, 5) is 45.3. The zero-order valence-electron chi connectivity index (χ0n) is 30.9. The van der Waals surface area contributed by atoms with Gasteiger partial charge in [-0.3, -0.25) is 0 Å². The molecule has 8 nitrogen and oxygen atoms in total. The van der Waals surface area contributed by atoms with Gasteiger partial charge < -0.3 is 14.8 Å². The van der Waals surface area contributed by atoms with Crippen LogP contribution in [0.1, 0.15) is 80.9 Å². The van der Waals surface area contributed by atoms with Crippen LogP contribution in [0.3, 0.4) is 0 Å². The number of carbonyl (C=O) groups is 1. The second-order valence-electron chi connectivity index (χ2n) is 11.4. The summed E-state index contributed by atoms with van der Waals surface area (Å²) in [5.41, 5.74) is 3.23. The SMILES string of the molecule is C=C(C)CC.C=C(CC)CBr.C=CC[C@](CO[C@H](C)c1cc(C)cc(C(F)(F)F)c1)(NC(=O)OCc1ccccc1)c1ccccc1.O=C=O.O=C=O. The first-order chi connectivity index (χ1) is 25.0. The molecule has 0 radical (unpaired) electrons. The van der Waals surface area contributed by atoms with Crippen molar-refractivity contribution >= 4 is 34.3 Å². The lowest BCUT2D eigenvalue weighted by Crippen LogP contribution is -2.49. The van der Waals surface area contributed by atoms with Crippen LogP contribution in [0.15, 0.2) is 116 Å². The van der Waals surface area contributed by atoms with Crippen LogP contribution >= 0.6 is 15.9 Å². The van der Waals surface area contributed by atoms with Crippen LogP contribution in [0.5, 0.6) is 0 Å². The molecular formula is C41H49BrF3NO7. The van der Waals surface area contributed by atoms with Crippen molar-refractivity contribution < 1.29 is 46.6 Å². The lowest BCUT2D eigenvalue weighted by molar-refractivity contribution is -0.193. The maximum atomic E-state index is 13.3. The number of carbonyl (C=O) groups excluding carboxylic acids is 5. The van der Waals surface area contributed by atoms with E-state index in [1.165, 1.54) is 11.1 Å². The predicted octanol–water partition coefficient (Wildman–Crippen LogP) is 10.6. The summed E-state index contributed by atoms with van der Waals surface area (Å²) in [6, 6.07) is 22.4. The zero-order valence-corrected chi connectivity index (χ0v) is 32.5. The highest BCUT2D eigenvalue weighted by molar-refractivity contribution is 9.09. The molecule has 3 rings (SSSR count). The van der Waals surface area contributed by atoms with Crippen molar-refractivity contribution in [2.45, 2.75) is 78.3 Å². The molecule has 0 bridgehead atoms. The number of hydrogen-bond donors (Lipinski definition) is 1. The summed E-state index contributed by atoms with van der Waals surface area (Å²) in [6.07, 6.45) is -1.10. The molecule has 0 aliphatic rings. The van der Waals surface area contributed by atoms with E-state index in [-0.39, 0.29) is 25.5 Å². The molecule has 3 aromatic carbocycles. The number of allylic oxidation sites excluding steroid dienone is 2. The molecule has 12 heteroatoms. The number of rotatable bonds is 13. The Morgan fingerprint density at radius 1 is 0.906 bits per heavy atom. The number of alkyl carbamates (subject to hydrolysis) is 1. The molecule has 0 unspecified atom stereocenters. The summed E-state index contributed by atoms with van der Waals surface area (Å²) in [7, 11) is 0. The van der Waals surface area contributed by atoms with E-state index in [1.807, 2.05) is 67.6 Å². The minimum absolute atomic E-state index is 0.0140. The maximum Gasteiger partial charge on any atom is 0.416 e. The van der Waals surface area contributed by atoms with Gasteiger partial charge >= 0.3 is 24.6 Å². The highest BCUT2D eigenvalue weighted by Gasteiger charge is 2.35. The second kappa shape index (κ2) is 28.7. The van der Waals surface area contributed by atoms with Crippen molar-refractivity contribution in [2.24, 2.45) is 0 Å². The van der Waals surface area contributed by atoms with Crippen LogP contribution in [0.4, 0.5) is 18.0 Å². The predicted molar refractivity (Wildman–Crippen MR) is 202 cm³/mol. The molecule has 1 amide bonds. The molecule has 0 aliphatic carbocycles. The standard InChI is InChI=1S/C29H30F3NO3.C5H9Br.C5H10.2CO2/c1-4-15-28(25-13-9-6-10-14-25,33-27(34)35-19-23-11-7-5-8-12-23)20-36-22(3)24-16-21(2)17-26(18-24)29(30,31)32;1-3-5(2)4-6;1-4-5(2)3;2*2-1-3/h4-14,16-18,22H,1,15,19-20H2,2-3H3,(H,33,34);2-4H2,1H3;2,4H2,1,3H3;;/t22-,28-;;;;/m1..../s1. The van der Waals surface area contributed by atoms with Crippen LogP contribution in [0, 0.1) is 6.92 Å². The third-order valence-electron chi connectivity index (χ3n) is 7.14. The van der Waals surface area contributed by atoms with Crippen molar-refractivity contribution in [1.29, 1.82) is 0 Å². The molecule has 0 heterocycles. The van der Waals surface area contributed by atoms with E-state index in [2.05, 4.69) is 54.8 Å². The Morgan fingerprint density at radius 2 is 1.42 bits per heavy atom. The molecule has 0 fully saturated rings. The van der Waals surface area contributed by atoms with E-state index in [9.17, 15) is 18.0 Å². The summed E-state index contributed by atoms with van der Waals surface area (Å²) in [5.74, 6) is 0. The van der Waals surface area contributed by atoms with Crippen molar-refractivity contribution in [2.75, 3.05) is 11.9 Å². The van der Waals surface area contributed by atoms with Crippen LogP contribution in [-0.4, -0.2) is 30.3 Å². The van der Waals surface area contributed by atoms with Crippen LogP contribution in [0.25, 0.3) is 0 Å². The fraction of sp³-hybridized carbons (Fsp3) is 0.341. The van der Waals surface area contributed by atoms with Gasteiger partial charge in [0.1, 0.15) is 6.61 Å². The third kappa shape index (κ3) is 22.6. The van der Waals surface area contributed by atoms with Crippen molar-refractivity contribution in [3.63, 3.8) is 0 Å². The number of nitrogens with one attached hydrogen (secondary N) is 1. The van der Waals surface area contributed by atoms with Gasteiger partial charge in [0.25, 0.3) is 0 Å². The fourth-order valence-electron chi connectivity index (χ4n) is 4.05. The summed E-state index contributed by atoms with van der Waals surface area (Å²) in [5, 5.41) is 3.88. The Morgan fingerprint density at radius 3 is 1.83 bits per heavy atom. The van der Waals surface area contributed by atoms with E-state index < -0.39 is 29.5 Å². The van der Waals surface area contributed by atoms with Crippen LogP contribution in [-0.2, 0) is 47.0 Å². The van der Waals surface area contributed by atoms with E-state index in [0.29, 0.717) is 17.5 Å². The molecule has 3 aromatic rings. The minimum Gasteiger partial charge on any atom is -0.445 e. The lowest BCUT2D eigenvalue weighted by Gasteiger charge is -2.35. The Kier molecular flexibility index (Phi) is 27.2. The molecule has 1 N–H and O–H groups in total. The number of halogens is 4. The van der Waals surface area contributed by atoms with E-state index in [1.54, 1.807) is 26.0 Å². The molecule has 0 saturated carbocycles. The van der Waals surface area contributed by atoms with Gasteiger partial charge in [0.2, 0.25) is 0 Å². The highest BCUT2D eigenvalue weighted by atomic mass is 79.9. The Bertz CT molecular complexity index is 1570. The molecule has 2 atom stereocenters. The number of amides is 1. The fourth-order valence-corrected chi connectivity index (χ4v) is 4.44. The first-order valence-corrected chi connectivity index (χ1v) is 17.5. The topological polar surface area (TPSA) is 116 Å². The van der Waals surface area contributed by atoms with Gasteiger partial charge in [-0.2, -0.15) is 32.3 Å². The zero-order chi connectivity index (χ0) is 40.9. The van der Waals surface area contributed by atoms with Gasteiger partial charge in [-0.25, -0.2) is 4.79 Å². The average Bonchev–Trinajstić information content (AvgIpc) is 3.14. The largest absolute Gasteiger partial charge is 0.445 e. The van der Waals surface area contributed by atoms with E-state index in [4.69, 9.17) is 28.7 Å². The van der Waals surface area contributed by atoms with Crippen molar-refractivity contribution in [3.05, 3.63) is 144 Å². The molecule has 0 saturated heterocycles. The first kappa shape index (κ1) is 50.2. The third-order valence-corrected chi connectivity index (χ3v) is 7.93. The van der Waals surface area contributed by atoms with Gasteiger partial charge in [-0.1, -0.05) is 126 Å². The average molecular weight is 805 g/mol. The molecule has 0 aromatic heterocycles. The molecular weight excluding hydrogens is 755 g/mol. The van der Waals surface area contributed by atoms with Crippen LogP contribution < -0.4 is 5.32 Å². The lowest BCUT2D eigenvalue weighted by atomic mass is 9.87. The molecule has 0 spiro atoms. The van der Waals surface area contributed by atoms with Gasteiger partial charge in [0, 0.05) is 5.33 Å². The van der Waals surface area contributed by atoms with Gasteiger partial charge in [-0.15, -0.1) is 13.2 Å². The van der Waals surface area contributed by atoms with E-state index >= 15 is 0 Å². The number of benzene rings is 3. The minimum atomic E-state index is -4.46. The van der Waals surface area contributed by atoms with Gasteiger partial charge in [-0.05, 0) is 68.9 Å². The second-order valence-corrected chi connectivity index (χ2v) is 12.0. The summed E-state index contributed by atoms with van der Waals surface area (Å²) >= 11 is 3.28. The monoisotopic (exact) mass is 803 g/mol. The quantitative estimate of drug-likeness (QED) is 0.135. The normalized spacial score (nSPS) is 11.4.